The molecule has 23 heavy (non-hydrogen) atoms. The van der Waals surface area contributed by atoms with E-state index in [1.165, 1.54) is 6.07 Å². The van der Waals surface area contributed by atoms with Crippen LogP contribution in [0.5, 0.6) is 0 Å². The lowest BCUT2D eigenvalue weighted by Crippen LogP contribution is -2.04. The van der Waals surface area contributed by atoms with E-state index in [1.807, 2.05) is 42.5 Å². The van der Waals surface area contributed by atoms with Crippen LogP contribution in [0.3, 0.4) is 0 Å². The Morgan fingerprint density at radius 3 is 2.65 bits per heavy atom. The van der Waals surface area contributed by atoms with E-state index in [-0.39, 0.29) is 5.82 Å². The van der Waals surface area contributed by atoms with Crippen LogP contribution in [0.4, 0.5) is 4.39 Å². The molecule has 0 aliphatic heterocycles. The maximum atomic E-state index is 13.9. The monoisotopic (exact) mass is 302 g/mol. The van der Waals surface area contributed by atoms with Crippen molar-refractivity contribution < 1.29 is 4.39 Å². The van der Waals surface area contributed by atoms with Crippen LogP contribution in [0.2, 0.25) is 0 Å². The first kappa shape index (κ1) is 13.6. The fraction of sp³-hybridized carbons (Fsp3) is 0.0526. The molecule has 0 spiro atoms. The van der Waals surface area contributed by atoms with E-state index in [2.05, 4.69) is 16.1 Å². The van der Waals surface area contributed by atoms with Crippen molar-refractivity contribution in [2.75, 3.05) is 0 Å². The molecule has 0 amide bonds. The van der Waals surface area contributed by atoms with Gasteiger partial charge in [-0.1, -0.05) is 42.5 Å². The Morgan fingerprint density at radius 2 is 1.83 bits per heavy atom. The van der Waals surface area contributed by atoms with Gasteiger partial charge in [-0.15, -0.1) is 0 Å². The minimum Gasteiger partial charge on any atom is -0.242 e. The third-order valence-corrected chi connectivity index (χ3v) is 3.78. The Labute approximate surface area is 133 Å². The number of rotatable bonds is 3. The van der Waals surface area contributed by atoms with Gasteiger partial charge in [0.1, 0.15) is 11.5 Å². The van der Waals surface area contributed by atoms with Gasteiger partial charge in [-0.25, -0.2) is 14.1 Å². The second-order valence-corrected chi connectivity index (χ2v) is 5.26. The highest BCUT2D eigenvalue weighted by Gasteiger charge is 2.14. The number of hydrogen-bond donors (Lipinski definition) is 0. The third kappa shape index (κ3) is 2.48. The van der Waals surface area contributed by atoms with Crippen molar-refractivity contribution >= 4 is 11.0 Å². The standard InChI is InChI=1S/C19H13FN3/c20-17-11-5-4-9-15(17)13-23-19-16(10-6-12-21-19)18(22-23)14-7-2-1-3-8-14/h2-12H,13H2. The maximum absolute atomic E-state index is 13.9. The third-order valence-electron chi connectivity index (χ3n) is 3.78. The van der Waals surface area contributed by atoms with Crippen LogP contribution in [0.1, 0.15) is 5.56 Å². The van der Waals surface area contributed by atoms with E-state index in [4.69, 9.17) is 0 Å². The molecular weight excluding hydrogens is 289 g/mol. The summed E-state index contributed by atoms with van der Waals surface area (Å²) in [5.74, 6) is -0.233. The normalized spacial score (nSPS) is 11.0. The van der Waals surface area contributed by atoms with Crippen LogP contribution in [0, 0.1) is 11.9 Å². The zero-order valence-corrected chi connectivity index (χ0v) is 12.3. The quantitative estimate of drug-likeness (QED) is 0.571. The van der Waals surface area contributed by atoms with Gasteiger partial charge in [0, 0.05) is 22.7 Å². The van der Waals surface area contributed by atoms with Gasteiger partial charge in [-0.3, -0.25) is 0 Å². The molecule has 0 unspecified atom stereocenters. The molecule has 111 valence electrons. The number of nitrogens with zero attached hydrogens (tertiary/aromatic N) is 3. The highest BCUT2D eigenvalue weighted by molar-refractivity contribution is 5.91. The summed E-state index contributed by atoms with van der Waals surface area (Å²) < 4.78 is 15.7. The highest BCUT2D eigenvalue weighted by Crippen LogP contribution is 2.27. The summed E-state index contributed by atoms with van der Waals surface area (Å²) in [6.07, 6.45) is 1.73. The van der Waals surface area contributed by atoms with Crippen molar-refractivity contribution in [3.63, 3.8) is 0 Å². The van der Waals surface area contributed by atoms with Crippen molar-refractivity contribution in [2.45, 2.75) is 6.54 Å². The number of halogens is 1. The Hall–Kier alpha value is -3.01. The average molecular weight is 302 g/mol. The number of aromatic nitrogens is 3. The summed E-state index contributed by atoms with van der Waals surface area (Å²) in [6.45, 7) is 0.346. The molecule has 0 atom stereocenters. The summed E-state index contributed by atoms with van der Waals surface area (Å²) in [6, 6.07) is 21.2. The van der Waals surface area contributed by atoms with Crippen LogP contribution in [0.15, 0.2) is 66.9 Å². The Kier molecular flexibility index (Phi) is 3.35. The molecule has 0 bridgehead atoms. The van der Waals surface area contributed by atoms with Crippen LogP contribution < -0.4 is 0 Å². The number of pyridine rings is 1. The average Bonchev–Trinajstić information content (AvgIpc) is 2.97. The van der Waals surface area contributed by atoms with Crippen LogP contribution in [-0.4, -0.2) is 14.8 Å². The molecule has 4 rings (SSSR count). The molecule has 0 aliphatic carbocycles. The van der Waals surface area contributed by atoms with Gasteiger partial charge in [0.2, 0.25) is 0 Å². The van der Waals surface area contributed by atoms with E-state index in [0.717, 1.165) is 22.3 Å². The molecule has 0 saturated carbocycles. The van der Waals surface area contributed by atoms with Gasteiger partial charge in [0.25, 0.3) is 0 Å². The van der Waals surface area contributed by atoms with E-state index < -0.39 is 0 Å². The Balaban J connectivity index is 1.87. The first-order valence-corrected chi connectivity index (χ1v) is 7.34. The van der Waals surface area contributed by atoms with E-state index in [0.29, 0.717) is 12.1 Å². The fourth-order valence-corrected chi connectivity index (χ4v) is 2.67. The smallest absolute Gasteiger partial charge is 0.158 e. The van der Waals surface area contributed by atoms with E-state index in [9.17, 15) is 4.39 Å². The molecule has 2 heterocycles. The van der Waals surface area contributed by atoms with Crippen molar-refractivity contribution in [1.82, 2.24) is 14.8 Å². The Morgan fingerprint density at radius 1 is 1.00 bits per heavy atom. The summed E-state index contributed by atoms with van der Waals surface area (Å²) >= 11 is 0. The van der Waals surface area contributed by atoms with Crippen molar-refractivity contribution in [3.05, 3.63) is 84.3 Å². The molecule has 0 aliphatic rings. The molecule has 4 aromatic rings. The predicted molar refractivity (Wildman–Crippen MR) is 87.3 cm³/mol. The van der Waals surface area contributed by atoms with Crippen LogP contribution >= 0.6 is 0 Å². The minimum atomic E-state index is -0.233. The lowest BCUT2D eigenvalue weighted by atomic mass is 10.1. The van der Waals surface area contributed by atoms with Crippen molar-refractivity contribution in [2.24, 2.45) is 0 Å². The summed E-state index contributed by atoms with van der Waals surface area (Å²) in [5, 5.41) is 5.62. The second-order valence-electron chi connectivity index (χ2n) is 5.26. The molecule has 2 aromatic heterocycles. The largest absolute Gasteiger partial charge is 0.242 e. The predicted octanol–water partition coefficient (Wildman–Crippen LogP) is 4.09. The molecule has 2 aromatic carbocycles. The van der Waals surface area contributed by atoms with Gasteiger partial charge in [-0.05, 0) is 24.3 Å². The van der Waals surface area contributed by atoms with Gasteiger partial charge >= 0.3 is 0 Å². The first-order valence-electron chi connectivity index (χ1n) is 7.34. The fourth-order valence-electron chi connectivity index (χ4n) is 2.67. The van der Waals surface area contributed by atoms with E-state index >= 15 is 0 Å². The highest BCUT2D eigenvalue weighted by atomic mass is 19.1. The zero-order valence-electron chi connectivity index (χ0n) is 12.3. The number of fused-ring (bicyclic) bond motifs is 1. The number of hydrogen-bond acceptors (Lipinski definition) is 2. The van der Waals surface area contributed by atoms with Crippen molar-refractivity contribution in [1.29, 1.82) is 0 Å². The SMILES string of the molecule is Fc1ccccc1Cn1nc(-c2cc[c]cc2)c2cccnc21. The molecule has 3 nitrogen and oxygen atoms in total. The number of benzene rings is 2. The molecular formula is C19H13FN3. The summed E-state index contributed by atoms with van der Waals surface area (Å²) in [7, 11) is 0. The molecule has 1 radical (unpaired) electrons. The van der Waals surface area contributed by atoms with Gasteiger partial charge < -0.3 is 0 Å². The van der Waals surface area contributed by atoms with Gasteiger partial charge in [-0.2, -0.15) is 5.10 Å². The maximum Gasteiger partial charge on any atom is 0.158 e. The van der Waals surface area contributed by atoms with Gasteiger partial charge in [0.15, 0.2) is 5.65 Å². The minimum absolute atomic E-state index is 0.233. The lowest BCUT2D eigenvalue weighted by Gasteiger charge is -2.04. The first-order chi connectivity index (χ1) is 11.3. The van der Waals surface area contributed by atoms with E-state index in [1.54, 1.807) is 23.0 Å². The molecule has 0 fully saturated rings. The topological polar surface area (TPSA) is 30.7 Å². The van der Waals surface area contributed by atoms with Crippen LogP contribution in [-0.2, 0) is 6.54 Å². The summed E-state index contributed by atoms with van der Waals surface area (Å²) in [4.78, 5) is 4.42. The molecule has 4 heteroatoms. The lowest BCUT2D eigenvalue weighted by molar-refractivity contribution is 0.589. The second kappa shape index (κ2) is 5.65. The van der Waals surface area contributed by atoms with Crippen LogP contribution in [0.25, 0.3) is 22.3 Å². The molecule has 0 saturated heterocycles. The zero-order chi connectivity index (χ0) is 15.6. The summed E-state index contributed by atoms with van der Waals surface area (Å²) in [5.41, 5.74) is 3.18. The molecule has 0 N–H and O–H groups in total. The van der Waals surface area contributed by atoms with Crippen molar-refractivity contribution in [3.8, 4) is 11.3 Å². The van der Waals surface area contributed by atoms with Gasteiger partial charge in [0.05, 0.1) is 6.54 Å². The Bertz CT molecular complexity index is 961.